The normalized spacial score (nSPS) is 12.4. The van der Waals surface area contributed by atoms with Crippen LogP contribution in [0.4, 0.5) is 0 Å². The maximum absolute atomic E-state index is 11.8. The van der Waals surface area contributed by atoms with Gasteiger partial charge in [0.25, 0.3) is 0 Å². The number of hydrogen-bond donors (Lipinski definition) is 2. The van der Waals surface area contributed by atoms with Crippen LogP contribution in [0, 0.1) is 5.92 Å². The average Bonchev–Trinajstić information content (AvgIpc) is 2.85. The molecule has 1 aromatic heterocycles. The Balaban J connectivity index is 2.33. The van der Waals surface area contributed by atoms with Gasteiger partial charge in [-0.3, -0.25) is 4.79 Å². The standard InChI is InChI=1S/C15H25N3O4/c1-4-6-12-17-14(22-18-12)8-5-7-13(19)16-11(15(20)21)9-10(2)3/h10-11H,4-9H2,1-3H3,(H,16,19)(H,20,21)/t11-/m0/s1. The van der Waals surface area contributed by atoms with E-state index in [0.29, 0.717) is 31.0 Å². The molecule has 0 aliphatic rings. The van der Waals surface area contributed by atoms with Gasteiger partial charge in [-0.2, -0.15) is 4.98 Å². The first-order chi connectivity index (χ1) is 10.4. The maximum atomic E-state index is 11.8. The predicted octanol–water partition coefficient (Wildman–Crippen LogP) is 1.96. The van der Waals surface area contributed by atoms with Gasteiger partial charge in [-0.15, -0.1) is 0 Å². The molecular formula is C15H25N3O4. The summed E-state index contributed by atoms with van der Waals surface area (Å²) in [7, 11) is 0. The van der Waals surface area contributed by atoms with Gasteiger partial charge < -0.3 is 14.9 Å². The van der Waals surface area contributed by atoms with Crippen molar-refractivity contribution in [2.75, 3.05) is 0 Å². The third-order valence-electron chi connectivity index (χ3n) is 3.12. The Bertz CT molecular complexity index is 485. The molecule has 0 radical (unpaired) electrons. The van der Waals surface area contributed by atoms with E-state index in [1.165, 1.54) is 0 Å². The number of aryl methyl sites for hydroxylation is 2. The molecule has 0 saturated heterocycles. The van der Waals surface area contributed by atoms with Crippen molar-refractivity contribution in [3.63, 3.8) is 0 Å². The van der Waals surface area contributed by atoms with Crippen molar-refractivity contribution in [3.8, 4) is 0 Å². The highest BCUT2D eigenvalue weighted by atomic mass is 16.5. The van der Waals surface area contributed by atoms with Crippen LogP contribution >= 0.6 is 0 Å². The first kappa shape index (κ1) is 18.1. The number of rotatable bonds is 10. The topological polar surface area (TPSA) is 105 Å². The zero-order valence-corrected chi connectivity index (χ0v) is 13.5. The number of carbonyl (C=O) groups excluding carboxylic acids is 1. The van der Waals surface area contributed by atoms with E-state index in [-0.39, 0.29) is 18.2 Å². The first-order valence-electron chi connectivity index (χ1n) is 7.76. The van der Waals surface area contributed by atoms with Crippen molar-refractivity contribution in [2.24, 2.45) is 5.92 Å². The largest absolute Gasteiger partial charge is 0.480 e. The van der Waals surface area contributed by atoms with Crippen molar-refractivity contribution in [1.82, 2.24) is 15.5 Å². The van der Waals surface area contributed by atoms with Gasteiger partial charge in [-0.1, -0.05) is 25.9 Å². The molecular weight excluding hydrogens is 286 g/mol. The summed E-state index contributed by atoms with van der Waals surface area (Å²) in [6.45, 7) is 5.88. The quantitative estimate of drug-likeness (QED) is 0.684. The summed E-state index contributed by atoms with van der Waals surface area (Å²) in [4.78, 5) is 27.1. The third-order valence-corrected chi connectivity index (χ3v) is 3.12. The molecule has 0 bridgehead atoms. The fourth-order valence-electron chi connectivity index (χ4n) is 2.08. The minimum Gasteiger partial charge on any atom is -0.480 e. The van der Waals surface area contributed by atoms with E-state index in [1.807, 2.05) is 20.8 Å². The molecule has 22 heavy (non-hydrogen) atoms. The molecule has 1 aromatic rings. The van der Waals surface area contributed by atoms with E-state index in [2.05, 4.69) is 15.5 Å². The number of carboxylic acid groups (broad SMARTS) is 1. The molecule has 0 spiro atoms. The molecule has 7 heteroatoms. The Morgan fingerprint density at radius 1 is 1.32 bits per heavy atom. The van der Waals surface area contributed by atoms with Crippen molar-refractivity contribution < 1.29 is 19.2 Å². The van der Waals surface area contributed by atoms with Gasteiger partial charge in [0.05, 0.1) is 0 Å². The number of nitrogens with zero attached hydrogens (tertiary/aromatic N) is 2. The van der Waals surface area contributed by atoms with Crippen molar-refractivity contribution in [1.29, 1.82) is 0 Å². The van der Waals surface area contributed by atoms with Crippen LogP contribution in [0.5, 0.6) is 0 Å². The maximum Gasteiger partial charge on any atom is 0.326 e. The number of carboxylic acids is 1. The predicted molar refractivity (Wildman–Crippen MR) is 80.3 cm³/mol. The molecule has 0 fully saturated rings. The molecule has 7 nitrogen and oxygen atoms in total. The second-order valence-electron chi connectivity index (χ2n) is 5.80. The summed E-state index contributed by atoms with van der Waals surface area (Å²) in [6, 6.07) is -0.827. The van der Waals surface area contributed by atoms with Crippen molar-refractivity contribution >= 4 is 11.9 Å². The number of carbonyl (C=O) groups is 2. The van der Waals surface area contributed by atoms with Gasteiger partial charge in [0, 0.05) is 19.3 Å². The molecule has 1 rings (SSSR count). The first-order valence-corrected chi connectivity index (χ1v) is 7.76. The summed E-state index contributed by atoms with van der Waals surface area (Å²) in [6.07, 6.45) is 3.46. The molecule has 0 saturated carbocycles. The fraction of sp³-hybridized carbons (Fsp3) is 0.733. The highest BCUT2D eigenvalue weighted by Gasteiger charge is 2.20. The lowest BCUT2D eigenvalue weighted by atomic mass is 10.0. The minimum atomic E-state index is -0.997. The summed E-state index contributed by atoms with van der Waals surface area (Å²) in [5, 5.41) is 15.5. The summed E-state index contributed by atoms with van der Waals surface area (Å²) in [5.74, 6) is 0.152. The lowest BCUT2D eigenvalue weighted by Gasteiger charge is -2.16. The zero-order chi connectivity index (χ0) is 16.5. The third kappa shape index (κ3) is 6.69. The SMILES string of the molecule is CCCc1noc(CCCC(=O)N[C@@H](CC(C)C)C(=O)O)n1. The number of amides is 1. The Kier molecular flexibility index (Phi) is 7.56. The smallest absolute Gasteiger partial charge is 0.326 e. The molecule has 0 unspecified atom stereocenters. The highest BCUT2D eigenvalue weighted by Crippen LogP contribution is 2.07. The van der Waals surface area contributed by atoms with E-state index in [0.717, 1.165) is 12.8 Å². The van der Waals surface area contributed by atoms with Gasteiger partial charge in [-0.05, 0) is 25.2 Å². The lowest BCUT2D eigenvalue weighted by Crippen LogP contribution is -2.41. The molecule has 1 amide bonds. The second kappa shape index (κ2) is 9.17. The van der Waals surface area contributed by atoms with E-state index in [4.69, 9.17) is 9.63 Å². The Labute approximate surface area is 130 Å². The molecule has 0 aliphatic heterocycles. The monoisotopic (exact) mass is 311 g/mol. The van der Waals surface area contributed by atoms with Crippen molar-refractivity contribution in [3.05, 3.63) is 11.7 Å². The summed E-state index contributed by atoms with van der Waals surface area (Å²) >= 11 is 0. The molecule has 0 aliphatic carbocycles. The van der Waals surface area contributed by atoms with E-state index < -0.39 is 12.0 Å². The van der Waals surface area contributed by atoms with Crippen LogP contribution in [-0.4, -0.2) is 33.2 Å². The number of hydrogen-bond acceptors (Lipinski definition) is 5. The van der Waals surface area contributed by atoms with Crippen LogP contribution < -0.4 is 5.32 Å². The average molecular weight is 311 g/mol. The van der Waals surface area contributed by atoms with Crippen LogP contribution in [0.3, 0.4) is 0 Å². The molecule has 124 valence electrons. The Hall–Kier alpha value is -1.92. The van der Waals surface area contributed by atoms with Crippen LogP contribution in [0.2, 0.25) is 0 Å². The molecule has 2 N–H and O–H groups in total. The lowest BCUT2D eigenvalue weighted by molar-refractivity contribution is -0.142. The van der Waals surface area contributed by atoms with Crippen LogP contribution in [-0.2, 0) is 22.4 Å². The van der Waals surface area contributed by atoms with Gasteiger partial charge in [0.15, 0.2) is 5.82 Å². The number of aromatic nitrogens is 2. The highest BCUT2D eigenvalue weighted by molar-refractivity contribution is 5.83. The van der Waals surface area contributed by atoms with Crippen LogP contribution in [0.15, 0.2) is 4.52 Å². The van der Waals surface area contributed by atoms with Crippen LogP contribution in [0.25, 0.3) is 0 Å². The minimum absolute atomic E-state index is 0.205. The second-order valence-corrected chi connectivity index (χ2v) is 5.80. The van der Waals surface area contributed by atoms with Gasteiger partial charge >= 0.3 is 5.97 Å². The molecule has 0 aromatic carbocycles. The number of nitrogens with one attached hydrogen (secondary N) is 1. The summed E-state index contributed by atoms with van der Waals surface area (Å²) < 4.78 is 5.08. The van der Waals surface area contributed by atoms with Gasteiger partial charge in [-0.25, -0.2) is 4.79 Å². The fourth-order valence-corrected chi connectivity index (χ4v) is 2.08. The van der Waals surface area contributed by atoms with E-state index in [1.54, 1.807) is 0 Å². The van der Waals surface area contributed by atoms with E-state index >= 15 is 0 Å². The van der Waals surface area contributed by atoms with Gasteiger partial charge in [0.2, 0.25) is 11.8 Å². The molecule has 1 heterocycles. The van der Waals surface area contributed by atoms with Gasteiger partial charge in [0.1, 0.15) is 6.04 Å². The van der Waals surface area contributed by atoms with Crippen molar-refractivity contribution in [2.45, 2.75) is 65.3 Å². The number of aliphatic carboxylic acids is 1. The summed E-state index contributed by atoms with van der Waals surface area (Å²) in [5.41, 5.74) is 0. The Morgan fingerprint density at radius 2 is 2.05 bits per heavy atom. The Morgan fingerprint density at radius 3 is 2.64 bits per heavy atom. The van der Waals surface area contributed by atoms with E-state index in [9.17, 15) is 9.59 Å². The molecule has 1 atom stereocenters. The van der Waals surface area contributed by atoms with Crippen LogP contribution in [0.1, 0.15) is 58.2 Å². The zero-order valence-electron chi connectivity index (χ0n) is 13.5.